The molecule has 0 bridgehead atoms. The molecule has 0 aliphatic rings. The second-order valence-electron chi connectivity index (χ2n) is 2.64. The smallest absolute Gasteiger partial charge is 0.293 e. The quantitative estimate of drug-likeness (QED) is 0.402. The van der Waals surface area contributed by atoms with E-state index in [1.54, 1.807) is 0 Å². The van der Waals surface area contributed by atoms with Crippen molar-refractivity contribution in [2.24, 2.45) is 5.92 Å². The summed E-state index contributed by atoms with van der Waals surface area (Å²) in [5.74, 6) is 0.324. The van der Waals surface area contributed by atoms with Crippen LogP contribution in [0.5, 0.6) is 0 Å². The summed E-state index contributed by atoms with van der Waals surface area (Å²) in [6, 6.07) is 0. The van der Waals surface area contributed by atoms with Gasteiger partial charge in [0, 0.05) is 0 Å². The normalized spacial score (nSPS) is 11.8. The van der Waals surface area contributed by atoms with Gasteiger partial charge in [-0.25, -0.2) is 0 Å². The summed E-state index contributed by atoms with van der Waals surface area (Å²) < 4.78 is 9.06. The Morgan fingerprint density at radius 3 is 2.50 bits per heavy atom. The van der Waals surface area contributed by atoms with Crippen LogP contribution >= 0.6 is 0 Å². The van der Waals surface area contributed by atoms with Gasteiger partial charge in [0.15, 0.2) is 0 Å². The summed E-state index contributed by atoms with van der Waals surface area (Å²) in [4.78, 5) is 19.5. The summed E-state index contributed by atoms with van der Waals surface area (Å²) >= 11 is 0. The lowest BCUT2D eigenvalue weighted by atomic mass is 10.1. The molecule has 1 unspecified atom stereocenters. The van der Waals surface area contributed by atoms with Crippen molar-refractivity contribution >= 4 is 12.9 Å². The first-order chi connectivity index (χ1) is 5.81. The molecule has 0 rings (SSSR count). The Balaban J connectivity index is 3.12. The van der Waals surface area contributed by atoms with Gasteiger partial charge in [0.2, 0.25) is 0 Å². The Labute approximate surface area is 71.8 Å². The fourth-order valence-electron chi connectivity index (χ4n) is 0.850. The molecule has 0 aromatic carbocycles. The molecule has 0 saturated carbocycles. The van der Waals surface area contributed by atoms with Gasteiger partial charge in [0.25, 0.3) is 12.9 Å². The molecule has 4 heteroatoms. The van der Waals surface area contributed by atoms with E-state index in [9.17, 15) is 9.59 Å². The van der Waals surface area contributed by atoms with Gasteiger partial charge in [-0.2, -0.15) is 0 Å². The van der Waals surface area contributed by atoms with Gasteiger partial charge in [-0.05, 0) is 18.8 Å². The molecule has 1 atom stereocenters. The molecule has 0 N–H and O–H groups in total. The molecular formula is C8H14O4. The van der Waals surface area contributed by atoms with Crippen LogP contribution in [-0.4, -0.2) is 26.2 Å². The molecule has 0 aromatic rings. The van der Waals surface area contributed by atoms with E-state index in [0.29, 0.717) is 32.1 Å². The van der Waals surface area contributed by atoms with Crippen LogP contribution < -0.4 is 0 Å². The monoisotopic (exact) mass is 174 g/mol. The summed E-state index contributed by atoms with van der Waals surface area (Å²) in [5, 5.41) is 0. The molecule has 0 spiro atoms. The van der Waals surface area contributed by atoms with Crippen molar-refractivity contribution in [3.63, 3.8) is 0 Å². The number of rotatable bonds is 8. The topological polar surface area (TPSA) is 52.6 Å². The maximum Gasteiger partial charge on any atom is 0.293 e. The largest absolute Gasteiger partial charge is 0.468 e. The standard InChI is InChI=1S/C8H14O4/c1-8(5-12-7-10)3-2-4-11-6-9/h6-8H,2-5H2,1H3. The maximum absolute atomic E-state index is 9.79. The van der Waals surface area contributed by atoms with E-state index < -0.39 is 0 Å². The second kappa shape index (κ2) is 8.04. The number of ether oxygens (including phenoxy) is 2. The molecule has 70 valence electrons. The fourth-order valence-corrected chi connectivity index (χ4v) is 0.850. The summed E-state index contributed by atoms with van der Waals surface area (Å²) in [6.07, 6.45) is 1.70. The predicted octanol–water partition coefficient (Wildman–Crippen LogP) is 0.749. The Morgan fingerprint density at radius 1 is 1.25 bits per heavy atom. The van der Waals surface area contributed by atoms with Crippen LogP contribution in [0.2, 0.25) is 0 Å². The van der Waals surface area contributed by atoms with Crippen molar-refractivity contribution in [2.45, 2.75) is 19.8 Å². The zero-order valence-corrected chi connectivity index (χ0v) is 7.19. The van der Waals surface area contributed by atoms with Crippen molar-refractivity contribution in [3.8, 4) is 0 Å². The average molecular weight is 174 g/mol. The number of hydrogen-bond acceptors (Lipinski definition) is 4. The highest BCUT2D eigenvalue weighted by molar-refractivity contribution is 5.37. The lowest BCUT2D eigenvalue weighted by molar-refractivity contribution is -0.129. The Kier molecular flexibility index (Phi) is 7.33. The van der Waals surface area contributed by atoms with Crippen molar-refractivity contribution in [2.75, 3.05) is 13.2 Å². The highest BCUT2D eigenvalue weighted by atomic mass is 16.5. The molecule has 0 aliphatic heterocycles. The van der Waals surface area contributed by atoms with Crippen LogP contribution in [0.1, 0.15) is 19.8 Å². The van der Waals surface area contributed by atoms with Crippen molar-refractivity contribution in [1.82, 2.24) is 0 Å². The van der Waals surface area contributed by atoms with Gasteiger partial charge in [0.1, 0.15) is 0 Å². The number of hydrogen-bond donors (Lipinski definition) is 0. The molecule has 0 aliphatic carbocycles. The zero-order valence-electron chi connectivity index (χ0n) is 7.19. The lowest BCUT2D eigenvalue weighted by Crippen LogP contribution is -2.06. The Bertz CT molecular complexity index is 124. The third kappa shape index (κ3) is 7.05. The van der Waals surface area contributed by atoms with E-state index in [-0.39, 0.29) is 0 Å². The SMILES string of the molecule is CC(CCCOC=O)COC=O. The molecule has 0 saturated heterocycles. The van der Waals surface area contributed by atoms with Gasteiger partial charge in [-0.15, -0.1) is 0 Å². The molecule has 0 radical (unpaired) electrons. The van der Waals surface area contributed by atoms with E-state index in [1.807, 2.05) is 6.92 Å². The van der Waals surface area contributed by atoms with Crippen LogP contribution in [0.3, 0.4) is 0 Å². The van der Waals surface area contributed by atoms with Crippen LogP contribution in [0.4, 0.5) is 0 Å². The maximum atomic E-state index is 9.79. The third-order valence-corrected chi connectivity index (χ3v) is 1.48. The molecule has 0 aromatic heterocycles. The molecule has 0 heterocycles. The van der Waals surface area contributed by atoms with Crippen LogP contribution in [0, 0.1) is 5.92 Å². The third-order valence-electron chi connectivity index (χ3n) is 1.48. The zero-order chi connectivity index (χ0) is 9.23. The van der Waals surface area contributed by atoms with E-state index in [2.05, 4.69) is 9.47 Å². The van der Waals surface area contributed by atoms with E-state index in [4.69, 9.17) is 0 Å². The van der Waals surface area contributed by atoms with E-state index in [0.717, 1.165) is 12.8 Å². The van der Waals surface area contributed by atoms with Crippen LogP contribution in [0.25, 0.3) is 0 Å². The first-order valence-corrected chi connectivity index (χ1v) is 3.91. The minimum Gasteiger partial charge on any atom is -0.468 e. The minimum atomic E-state index is 0.324. The van der Waals surface area contributed by atoms with Gasteiger partial charge in [0.05, 0.1) is 13.2 Å². The average Bonchev–Trinajstić information content (AvgIpc) is 2.09. The summed E-state index contributed by atoms with van der Waals surface area (Å²) in [6.45, 7) is 3.73. The van der Waals surface area contributed by atoms with E-state index in [1.165, 1.54) is 0 Å². The second-order valence-corrected chi connectivity index (χ2v) is 2.64. The van der Waals surface area contributed by atoms with Crippen molar-refractivity contribution < 1.29 is 19.1 Å². The van der Waals surface area contributed by atoms with Crippen molar-refractivity contribution in [3.05, 3.63) is 0 Å². The Hall–Kier alpha value is -1.06. The summed E-state index contributed by atoms with van der Waals surface area (Å²) in [5.41, 5.74) is 0. The van der Waals surface area contributed by atoms with Crippen LogP contribution in [0.15, 0.2) is 0 Å². The fraction of sp³-hybridized carbons (Fsp3) is 0.750. The number of carbonyl (C=O) groups is 2. The highest BCUT2D eigenvalue weighted by Gasteiger charge is 2.01. The molecule has 0 amide bonds. The predicted molar refractivity (Wildman–Crippen MR) is 42.4 cm³/mol. The van der Waals surface area contributed by atoms with Gasteiger partial charge < -0.3 is 9.47 Å². The first-order valence-electron chi connectivity index (χ1n) is 3.91. The minimum absolute atomic E-state index is 0.324. The van der Waals surface area contributed by atoms with Gasteiger partial charge in [-0.1, -0.05) is 6.92 Å². The molecule has 4 nitrogen and oxygen atoms in total. The highest BCUT2D eigenvalue weighted by Crippen LogP contribution is 2.04. The van der Waals surface area contributed by atoms with E-state index >= 15 is 0 Å². The van der Waals surface area contributed by atoms with Crippen LogP contribution in [-0.2, 0) is 19.1 Å². The molecular weight excluding hydrogens is 160 g/mol. The molecule has 0 fully saturated rings. The van der Waals surface area contributed by atoms with Gasteiger partial charge >= 0.3 is 0 Å². The number of carbonyl (C=O) groups excluding carboxylic acids is 2. The first kappa shape index (κ1) is 10.9. The van der Waals surface area contributed by atoms with Crippen molar-refractivity contribution in [1.29, 1.82) is 0 Å². The lowest BCUT2D eigenvalue weighted by Gasteiger charge is -2.08. The summed E-state index contributed by atoms with van der Waals surface area (Å²) in [7, 11) is 0. The van der Waals surface area contributed by atoms with Gasteiger partial charge in [-0.3, -0.25) is 9.59 Å². The molecule has 12 heavy (non-hydrogen) atoms. The Morgan fingerprint density at radius 2 is 1.92 bits per heavy atom.